The first-order valence-electron chi connectivity index (χ1n) is 12.4. The number of aryl methyl sites for hydroxylation is 1. The van der Waals surface area contributed by atoms with Crippen LogP contribution in [0.4, 0.5) is 5.69 Å². The van der Waals surface area contributed by atoms with Gasteiger partial charge < -0.3 is 29.5 Å². The molecule has 3 aromatic rings. The number of fused-ring (bicyclic) bond motifs is 2. The SMILES string of the molecule is C[C@H](CO)N1C[C@H](C)[C@@H](CN(C)C)Oc2ccc(NC(=O)Cc3cn(C)c4ccccc34)cc2C1=O. The second kappa shape index (κ2) is 10.7. The molecule has 4 rings (SSSR count). The molecule has 2 N–H and O–H groups in total. The molecule has 0 saturated carbocycles. The first-order chi connectivity index (χ1) is 17.2. The van der Waals surface area contributed by atoms with Gasteiger partial charge in [0.1, 0.15) is 11.9 Å². The molecule has 0 radical (unpaired) electrons. The molecule has 0 saturated heterocycles. The van der Waals surface area contributed by atoms with Crippen LogP contribution in [0.5, 0.6) is 5.75 Å². The molecule has 2 heterocycles. The van der Waals surface area contributed by atoms with E-state index in [-0.39, 0.29) is 42.9 Å². The monoisotopic (exact) mass is 492 g/mol. The van der Waals surface area contributed by atoms with Gasteiger partial charge in [0.15, 0.2) is 0 Å². The zero-order valence-corrected chi connectivity index (χ0v) is 21.7. The van der Waals surface area contributed by atoms with Gasteiger partial charge in [0.25, 0.3) is 5.91 Å². The van der Waals surface area contributed by atoms with E-state index in [9.17, 15) is 14.7 Å². The van der Waals surface area contributed by atoms with Crippen molar-refractivity contribution in [3.8, 4) is 5.75 Å². The maximum Gasteiger partial charge on any atom is 0.258 e. The Labute approximate surface area is 212 Å². The van der Waals surface area contributed by atoms with Gasteiger partial charge in [-0.25, -0.2) is 0 Å². The Morgan fingerprint density at radius 1 is 1.25 bits per heavy atom. The van der Waals surface area contributed by atoms with Crippen molar-refractivity contribution in [2.45, 2.75) is 32.4 Å². The lowest BCUT2D eigenvalue weighted by Crippen LogP contribution is -2.49. The maximum absolute atomic E-state index is 13.6. The zero-order chi connectivity index (χ0) is 26.0. The molecular formula is C28H36N4O4. The Morgan fingerprint density at radius 2 is 2.00 bits per heavy atom. The summed E-state index contributed by atoms with van der Waals surface area (Å²) in [5.74, 6) is 0.177. The van der Waals surface area contributed by atoms with Gasteiger partial charge in [-0.15, -0.1) is 0 Å². The van der Waals surface area contributed by atoms with Gasteiger partial charge in [-0.05, 0) is 50.8 Å². The summed E-state index contributed by atoms with van der Waals surface area (Å²) in [5.41, 5.74) is 2.93. The number of carbonyl (C=O) groups excluding carboxylic acids is 2. The van der Waals surface area contributed by atoms with Crippen LogP contribution in [-0.4, -0.2) is 77.2 Å². The van der Waals surface area contributed by atoms with Crippen molar-refractivity contribution in [2.75, 3.05) is 39.1 Å². The van der Waals surface area contributed by atoms with E-state index in [1.807, 2.05) is 63.1 Å². The minimum absolute atomic E-state index is 0.0681. The van der Waals surface area contributed by atoms with Crippen LogP contribution in [0.15, 0.2) is 48.7 Å². The Balaban J connectivity index is 1.60. The van der Waals surface area contributed by atoms with Crippen LogP contribution in [0.1, 0.15) is 29.8 Å². The summed E-state index contributed by atoms with van der Waals surface area (Å²) >= 11 is 0. The number of hydrogen-bond acceptors (Lipinski definition) is 5. The number of amides is 2. The topological polar surface area (TPSA) is 87.0 Å². The number of nitrogens with zero attached hydrogens (tertiary/aromatic N) is 3. The number of anilines is 1. The summed E-state index contributed by atoms with van der Waals surface area (Å²) in [4.78, 5) is 30.3. The van der Waals surface area contributed by atoms with E-state index in [0.29, 0.717) is 30.1 Å². The Kier molecular flexibility index (Phi) is 7.66. The third kappa shape index (κ3) is 5.39. The summed E-state index contributed by atoms with van der Waals surface area (Å²) in [7, 11) is 5.95. The predicted octanol–water partition coefficient (Wildman–Crippen LogP) is 3.14. The van der Waals surface area contributed by atoms with E-state index in [1.54, 1.807) is 23.1 Å². The van der Waals surface area contributed by atoms with Crippen LogP contribution in [0, 0.1) is 5.92 Å². The highest BCUT2D eigenvalue weighted by Crippen LogP contribution is 2.31. The normalized spacial score (nSPS) is 19.0. The molecule has 2 aromatic carbocycles. The summed E-state index contributed by atoms with van der Waals surface area (Å²) in [5, 5.41) is 13.8. The third-order valence-electron chi connectivity index (χ3n) is 6.82. The van der Waals surface area contributed by atoms with Crippen molar-refractivity contribution in [1.29, 1.82) is 0 Å². The highest BCUT2D eigenvalue weighted by Gasteiger charge is 2.33. The second-order valence-electron chi connectivity index (χ2n) is 10.1. The van der Waals surface area contributed by atoms with E-state index in [2.05, 4.69) is 17.1 Å². The molecule has 0 aliphatic carbocycles. The first-order valence-corrected chi connectivity index (χ1v) is 12.4. The maximum atomic E-state index is 13.6. The fraction of sp³-hybridized carbons (Fsp3) is 0.429. The largest absolute Gasteiger partial charge is 0.488 e. The number of ether oxygens (including phenoxy) is 1. The summed E-state index contributed by atoms with van der Waals surface area (Å²) < 4.78 is 8.35. The second-order valence-corrected chi connectivity index (χ2v) is 10.1. The van der Waals surface area contributed by atoms with Gasteiger partial charge in [0.05, 0.1) is 24.6 Å². The van der Waals surface area contributed by atoms with E-state index in [0.717, 1.165) is 16.5 Å². The molecule has 8 nitrogen and oxygen atoms in total. The Hall–Kier alpha value is -3.36. The minimum atomic E-state index is -0.337. The molecule has 192 valence electrons. The number of aliphatic hydroxyl groups is 1. The summed E-state index contributed by atoms with van der Waals surface area (Å²) in [6, 6.07) is 12.9. The van der Waals surface area contributed by atoms with Gasteiger partial charge in [-0.1, -0.05) is 25.1 Å². The molecule has 36 heavy (non-hydrogen) atoms. The average Bonchev–Trinajstić information content (AvgIpc) is 3.16. The smallest absolute Gasteiger partial charge is 0.258 e. The Bertz CT molecular complexity index is 1250. The number of hydrogen-bond donors (Lipinski definition) is 2. The van der Waals surface area contributed by atoms with Crippen LogP contribution in [0.25, 0.3) is 10.9 Å². The third-order valence-corrected chi connectivity index (χ3v) is 6.82. The minimum Gasteiger partial charge on any atom is -0.488 e. The molecule has 8 heteroatoms. The lowest BCUT2D eigenvalue weighted by atomic mass is 9.99. The van der Waals surface area contributed by atoms with Gasteiger partial charge >= 0.3 is 0 Å². The highest BCUT2D eigenvalue weighted by molar-refractivity contribution is 6.00. The number of para-hydroxylation sites is 1. The highest BCUT2D eigenvalue weighted by atomic mass is 16.5. The van der Waals surface area contributed by atoms with Gasteiger partial charge in [-0.3, -0.25) is 9.59 Å². The number of benzene rings is 2. The van der Waals surface area contributed by atoms with E-state index in [1.165, 1.54) is 0 Å². The van der Waals surface area contributed by atoms with Gasteiger partial charge in [-0.2, -0.15) is 0 Å². The molecule has 0 unspecified atom stereocenters. The number of nitrogens with one attached hydrogen (secondary N) is 1. The predicted molar refractivity (Wildman–Crippen MR) is 141 cm³/mol. The fourth-order valence-corrected chi connectivity index (χ4v) is 4.82. The van der Waals surface area contributed by atoms with Crippen molar-refractivity contribution in [3.05, 3.63) is 59.8 Å². The van der Waals surface area contributed by atoms with Crippen LogP contribution >= 0.6 is 0 Å². The van der Waals surface area contributed by atoms with E-state index in [4.69, 9.17) is 4.74 Å². The van der Waals surface area contributed by atoms with Crippen molar-refractivity contribution in [1.82, 2.24) is 14.4 Å². The van der Waals surface area contributed by atoms with Crippen molar-refractivity contribution in [3.63, 3.8) is 0 Å². The lowest BCUT2D eigenvalue weighted by molar-refractivity contribution is -0.115. The zero-order valence-electron chi connectivity index (χ0n) is 21.7. The molecule has 0 bridgehead atoms. The van der Waals surface area contributed by atoms with E-state index < -0.39 is 0 Å². The molecule has 2 amide bonds. The number of aliphatic hydroxyl groups excluding tert-OH is 1. The quantitative estimate of drug-likeness (QED) is 0.529. The number of aromatic nitrogens is 1. The number of likely N-dealkylation sites (N-methyl/N-ethyl adjacent to an activating group) is 1. The first kappa shape index (κ1) is 25.7. The van der Waals surface area contributed by atoms with Crippen LogP contribution in [0.2, 0.25) is 0 Å². The summed E-state index contributed by atoms with van der Waals surface area (Å²) in [6.07, 6.45) is 2.06. The van der Waals surface area contributed by atoms with Crippen molar-refractivity contribution in [2.24, 2.45) is 13.0 Å². The number of carbonyl (C=O) groups is 2. The summed E-state index contributed by atoms with van der Waals surface area (Å²) in [6.45, 7) is 4.93. The molecule has 1 aliphatic rings. The van der Waals surface area contributed by atoms with Crippen LogP contribution < -0.4 is 10.1 Å². The van der Waals surface area contributed by atoms with Crippen LogP contribution in [0.3, 0.4) is 0 Å². The van der Waals surface area contributed by atoms with Crippen LogP contribution in [-0.2, 0) is 18.3 Å². The van der Waals surface area contributed by atoms with Crippen molar-refractivity contribution < 1.29 is 19.4 Å². The Morgan fingerprint density at radius 3 is 2.72 bits per heavy atom. The molecule has 1 aliphatic heterocycles. The molecule has 0 spiro atoms. The molecule has 0 fully saturated rings. The average molecular weight is 493 g/mol. The van der Waals surface area contributed by atoms with Crippen molar-refractivity contribution >= 4 is 28.4 Å². The molecule has 1 aromatic heterocycles. The number of rotatable bonds is 7. The van der Waals surface area contributed by atoms with Gasteiger partial charge in [0, 0.05) is 48.8 Å². The van der Waals surface area contributed by atoms with E-state index >= 15 is 0 Å². The lowest BCUT2D eigenvalue weighted by Gasteiger charge is -2.37. The molecule has 3 atom stereocenters. The fourth-order valence-electron chi connectivity index (χ4n) is 4.82. The standard InChI is InChI=1S/C28H36N4O4/c1-18-14-32(19(2)17-33)28(35)23-13-21(10-11-25(23)36-26(18)16-30(3)4)29-27(34)12-20-15-31(5)24-9-7-6-8-22(20)24/h6-11,13,15,18-19,26,33H,12,14,16-17H2,1-5H3,(H,29,34)/t18-,19+,26+/m0/s1. The molecular weight excluding hydrogens is 456 g/mol. The van der Waals surface area contributed by atoms with Gasteiger partial charge in [0.2, 0.25) is 5.91 Å².